The Hall–Kier alpha value is -1.29. The van der Waals surface area contributed by atoms with E-state index in [1.54, 1.807) is 11.3 Å². The first-order chi connectivity index (χ1) is 10.1. The normalized spacial score (nSPS) is 22.6. The Labute approximate surface area is 131 Å². The van der Waals surface area contributed by atoms with Gasteiger partial charge in [-0.3, -0.25) is 0 Å². The minimum atomic E-state index is 0.836. The lowest BCUT2D eigenvalue weighted by molar-refractivity contribution is 0.282. The summed E-state index contributed by atoms with van der Waals surface area (Å²) < 4.78 is 1.18. The molecule has 0 radical (unpaired) electrons. The summed E-state index contributed by atoms with van der Waals surface area (Å²) in [7, 11) is 0. The summed E-state index contributed by atoms with van der Waals surface area (Å²) in [5.41, 5.74) is 9.08. The molecule has 1 aromatic carbocycles. The molecular formula is C17H25N3S. The van der Waals surface area contributed by atoms with Crippen molar-refractivity contribution in [1.29, 1.82) is 0 Å². The molecule has 3 N–H and O–H groups in total. The molecule has 2 aromatic rings. The van der Waals surface area contributed by atoms with Crippen LogP contribution in [0.25, 0.3) is 10.2 Å². The van der Waals surface area contributed by atoms with Gasteiger partial charge in [0.1, 0.15) is 0 Å². The Morgan fingerprint density at radius 2 is 2.05 bits per heavy atom. The smallest absolute Gasteiger partial charge is 0.0907 e. The van der Waals surface area contributed by atoms with Gasteiger partial charge in [0.25, 0.3) is 0 Å². The number of aryl methyl sites for hydroxylation is 1. The van der Waals surface area contributed by atoms with Gasteiger partial charge in [0, 0.05) is 6.54 Å². The van der Waals surface area contributed by atoms with Crippen molar-refractivity contribution in [2.75, 3.05) is 17.6 Å². The predicted octanol–water partition coefficient (Wildman–Crippen LogP) is 4.82. The highest BCUT2D eigenvalue weighted by Gasteiger charge is 2.17. The highest BCUT2D eigenvalue weighted by molar-refractivity contribution is 7.18. The number of hydrogen-bond acceptors (Lipinski definition) is 4. The number of fused-ring (bicyclic) bond motifs is 1. The Bertz CT molecular complexity index is 612. The largest absolute Gasteiger partial charge is 0.397 e. The molecule has 0 bridgehead atoms. The molecule has 21 heavy (non-hydrogen) atoms. The van der Waals surface area contributed by atoms with Crippen molar-refractivity contribution in [1.82, 2.24) is 4.98 Å². The van der Waals surface area contributed by atoms with Gasteiger partial charge < -0.3 is 11.1 Å². The van der Waals surface area contributed by atoms with Crippen LogP contribution in [0.5, 0.6) is 0 Å². The molecule has 0 atom stereocenters. The Morgan fingerprint density at radius 3 is 2.81 bits per heavy atom. The van der Waals surface area contributed by atoms with Crippen molar-refractivity contribution < 1.29 is 0 Å². The van der Waals surface area contributed by atoms with Crippen LogP contribution >= 0.6 is 11.3 Å². The van der Waals surface area contributed by atoms with Crippen molar-refractivity contribution in [3.05, 3.63) is 17.1 Å². The quantitative estimate of drug-likeness (QED) is 0.796. The summed E-state index contributed by atoms with van der Waals surface area (Å²) in [5, 5.41) is 4.61. The number of anilines is 2. The number of thiazole rings is 1. The summed E-state index contributed by atoms with van der Waals surface area (Å²) in [6, 6.07) is 4.14. The van der Waals surface area contributed by atoms with Gasteiger partial charge in [0.15, 0.2) is 0 Å². The number of nitrogens with zero attached hydrogens (tertiary/aromatic N) is 1. The zero-order chi connectivity index (χ0) is 14.8. The van der Waals surface area contributed by atoms with Gasteiger partial charge in [-0.1, -0.05) is 32.6 Å². The summed E-state index contributed by atoms with van der Waals surface area (Å²) in [5.74, 6) is 1.82. The molecule has 1 aliphatic carbocycles. The van der Waals surface area contributed by atoms with Crippen molar-refractivity contribution in [2.24, 2.45) is 11.8 Å². The third kappa shape index (κ3) is 3.49. The maximum atomic E-state index is 6.15. The molecule has 0 amide bonds. The van der Waals surface area contributed by atoms with Crippen LogP contribution in [0.1, 0.15) is 44.0 Å². The number of nitrogens with two attached hydrogens (primary N) is 1. The van der Waals surface area contributed by atoms with Gasteiger partial charge in [0.2, 0.25) is 0 Å². The van der Waals surface area contributed by atoms with Gasteiger partial charge in [-0.15, -0.1) is 11.3 Å². The van der Waals surface area contributed by atoms with Crippen molar-refractivity contribution in [2.45, 2.75) is 46.0 Å². The molecule has 0 spiro atoms. The first-order valence-electron chi connectivity index (χ1n) is 8.02. The predicted molar refractivity (Wildman–Crippen MR) is 93.0 cm³/mol. The van der Waals surface area contributed by atoms with E-state index < -0.39 is 0 Å². The summed E-state index contributed by atoms with van der Waals surface area (Å²) in [6.45, 7) is 5.43. The fourth-order valence-corrected chi connectivity index (χ4v) is 4.14. The zero-order valence-corrected chi connectivity index (χ0v) is 13.8. The monoisotopic (exact) mass is 303 g/mol. The van der Waals surface area contributed by atoms with Gasteiger partial charge >= 0.3 is 0 Å². The number of rotatable bonds is 4. The van der Waals surface area contributed by atoms with Crippen LogP contribution < -0.4 is 11.1 Å². The van der Waals surface area contributed by atoms with Crippen LogP contribution in [0.2, 0.25) is 0 Å². The van der Waals surface area contributed by atoms with E-state index in [2.05, 4.69) is 23.3 Å². The van der Waals surface area contributed by atoms with Gasteiger partial charge in [-0.2, -0.15) is 0 Å². The lowest BCUT2D eigenvalue weighted by Crippen LogP contribution is -2.16. The van der Waals surface area contributed by atoms with Crippen LogP contribution in [-0.2, 0) is 0 Å². The van der Waals surface area contributed by atoms with E-state index in [4.69, 9.17) is 5.73 Å². The van der Waals surface area contributed by atoms with E-state index in [-0.39, 0.29) is 0 Å². The Kier molecular flexibility index (Phi) is 4.34. The van der Waals surface area contributed by atoms with E-state index in [0.29, 0.717) is 0 Å². The fourth-order valence-electron chi connectivity index (χ4n) is 3.29. The summed E-state index contributed by atoms with van der Waals surface area (Å²) in [6.07, 6.45) is 6.83. The van der Waals surface area contributed by atoms with Crippen molar-refractivity contribution in [3.63, 3.8) is 0 Å². The molecular weight excluding hydrogens is 278 g/mol. The van der Waals surface area contributed by atoms with E-state index in [1.165, 1.54) is 36.8 Å². The molecule has 0 aliphatic heterocycles. The van der Waals surface area contributed by atoms with E-state index in [0.717, 1.165) is 40.3 Å². The highest BCUT2D eigenvalue weighted by Crippen LogP contribution is 2.32. The lowest BCUT2D eigenvalue weighted by Gasteiger charge is -2.26. The zero-order valence-electron chi connectivity index (χ0n) is 13.0. The minimum absolute atomic E-state index is 0.836. The van der Waals surface area contributed by atoms with Crippen LogP contribution in [0.4, 0.5) is 11.4 Å². The van der Waals surface area contributed by atoms with Crippen molar-refractivity contribution in [3.8, 4) is 0 Å². The summed E-state index contributed by atoms with van der Waals surface area (Å²) >= 11 is 1.70. The van der Waals surface area contributed by atoms with E-state index in [1.807, 2.05) is 13.0 Å². The molecule has 1 saturated carbocycles. The first-order valence-corrected chi connectivity index (χ1v) is 8.84. The molecule has 3 rings (SSSR count). The number of nitrogens with one attached hydrogen (secondary N) is 1. The number of aromatic nitrogens is 1. The third-order valence-electron chi connectivity index (χ3n) is 4.67. The molecule has 1 aliphatic rings. The number of benzene rings is 1. The Balaban J connectivity index is 1.58. The number of hydrogen-bond donors (Lipinski definition) is 2. The van der Waals surface area contributed by atoms with Crippen LogP contribution in [-0.4, -0.2) is 11.5 Å². The Morgan fingerprint density at radius 1 is 1.29 bits per heavy atom. The maximum Gasteiger partial charge on any atom is 0.0907 e. The number of nitrogen functional groups attached to an aromatic ring is 1. The third-order valence-corrected chi connectivity index (χ3v) is 5.60. The molecule has 1 fully saturated rings. The topological polar surface area (TPSA) is 50.9 Å². The van der Waals surface area contributed by atoms with Gasteiger partial charge in [-0.25, -0.2) is 4.98 Å². The molecule has 1 aromatic heterocycles. The van der Waals surface area contributed by atoms with Crippen LogP contribution in [0, 0.1) is 18.8 Å². The fraction of sp³-hybridized carbons (Fsp3) is 0.588. The maximum absolute atomic E-state index is 6.15. The lowest BCUT2D eigenvalue weighted by atomic mass is 9.81. The minimum Gasteiger partial charge on any atom is -0.397 e. The molecule has 4 heteroatoms. The molecule has 0 saturated heterocycles. The van der Waals surface area contributed by atoms with Gasteiger partial charge in [-0.05, 0) is 37.3 Å². The van der Waals surface area contributed by atoms with E-state index in [9.17, 15) is 0 Å². The molecule has 114 valence electrons. The second kappa shape index (κ2) is 6.22. The van der Waals surface area contributed by atoms with E-state index >= 15 is 0 Å². The SMILES string of the molecule is Cc1nc2cc(NCCC3CCC(C)CC3)c(N)cc2s1. The highest BCUT2D eigenvalue weighted by atomic mass is 32.1. The molecule has 0 unspecified atom stereocenters. The second-order valence-electron chi connectivity index (χ2n) is 6.48. The average molecular weight is 303 g/mol. The van der Waals surface area contributed by atoms with Crippen molar-refractivity contribution >= 4 is 32.9 Å². The van der Waals surface area contributed by atoms with Crippen LogP contribution in [0.15, 0.2) is 12.1 Å². The molecule has 3 nitrogen and oxygen atoms in total. The first kappa shape index (κ1) is 14.6. The standard InChI is InChI=1S/C17H25N3S/c1-11-3-5-13(6-4-11)7-8-19-15-10-16-17(9-14(15)18)21-12(2)20-16/h9-11,13,19H,3-8,18H2,1-2H3. The van der Waals surface area contributed by atoms with Gasteiger partial charge in [0.05, 0.1) is 26.6 Å². The summed E-state index contributed by atoms with van der Waals surface area (Å²) in [4.78, 5) is 4.54. The second-order valence-corrected chi connectivity index (χ2v) is 7.72. The van der Waals surface area contributed by atoms with Crippen LogP contribution in [0.3, 0.4) is 0 Å². The molecule has 1 heterocycles. The average Bonchev–Trinajstić information content (AvgIpc) is 2.80.